The van der Waals surface area contributed by atoms with E-state index < -0.39 is 11.5 Å². The van der Waals surface area contributed by atoms with E-state index in [1.165, 1.54) is 6.20 Å². The molecule has 5 heteroatoms. The van der Waals surface area contributed by atoms with Gasteiger partial charge < -0.3 is 10.1 Å². The van der Waals surface area contributed by atoms with Gasteiger partial charge in [0.05, 0.1) is 12.2 Å². The molecule has 1 N–H and O–H groups in total. The fraction of sp³-hybridized carbons (Fsp3) is 0.500. The minimum atomic E-state index is -1.05. The highest BCUT2D eigenvalue weighted by molar-refractivity contribution is 5.97. The summed E-state index contributed by atoms with van der Waals surface area (Å²) < 4.78 is 5.04. The molecule has 0 unspecified atom stereocenters. The van der Waals surface area contributed by atoms with Crippen LogP contribution in [0.4, 0.5) is 0 Å². The SMILES string of the molecule is CCOC(=O)[C@@](C)(NC(=O)c1cccnc1)C(C)C. The van der Waals surface area contributed by atoms with Gasteiger partial charge in [0.25, 0.3) is 5.91 Å². The molecule has 1 aromatic rings. The van der Waals surface area contributed by atoms with E-state index in [2.05, 4.69) is 10.3 Å². The number of carbonyl (C=O) groups is 2. The van der Waals surface area contributed by atoms with Crippen molar-refractivity contribution in [3.8, 4) is 0 Å². The third kappa shape index (κ3) is 3.53. The van der Waals surface area contributed by atoms with Gasteiger partial charge in [-0.2, -0.15) is 0 Å². The van der Waals surface area contributed by atoms with Crippen molar-refractivity contribution in [3.63, 3.8) is 0 Å². The molecule has 0 aliphatic rings. The second-order valence-electron chi connectivity index (χ2n) is 4.77. The molecule has 1 heterocycles. The molecule has 5 nitrogen and oxygen atoms in total. The van der Waals surface area contributed by atoms with Crippen molar-refractivity contribution in [2.75, 3.05) is 6.61 Å². The van der Waals surface area contributed by atoms with Gasteiger partial charge in [-0.3, -0.25) is 9.78 Å². The topological polar surface area (TPSA) is 68.3 Å². The van der Waals surface area contributed by atoms with Crippen molar-refractivity contribution in [2.45, 2.75) is 33.2 Å². The van der Waals surface area contributed by atoms with Crippen molar-refractivity contribution < 1.29 is 14.3 Å². The Kier molecular flexibility index (Phi) is 5.03. The van der Waals surface area contributed by atoms with E-state index in [1.807, 2.05) is 13.8 Å². The Balaban J connectivity index is 2.91. The molecule has 1 aromatic heterocycles. The van der Waals surface area contributed by atoms with Crippen LogP contribution >= 0.6 is 0 Å². The molecule has 0 aliphatic heterocycles. The van der Waals surface area contributed by atoms with Crippen LogP contribution in [-0.2, 0) is 9.53 Å². The standard InChI is InChI=1S/C14H20N2O3/c1-5-19-13(18)14(4,10(2)3)16-12(17)11-7-6-8-15-9-11/h6-10H,5H2,1-4H3,(H,16,17)/t14-/m0/s1. The summed E-state index contributed by atoms with van der Waals surface area (Å²) in [6, 6.07) is 3.32. The van der Waals surface area contributed by atoms with Crippen molar-refractivity contribution in [3.05, 3.63) is 30.1 Å². The highest BCUT2D eigenvalue weighted by atomic mass is 16.5. The van der Waals surface area contributed by atoms with E-state index >= 15 is 0 Å². The number of hydrogen-bond acceptors (Lipinski definition) is 4. The number of carbonyl (C=O) groups excluding carboxylic acids is 2. The van der Waals surface area contributed by atoms with E-state index in [-0.39, 0.29) is 18.4 Å². The van der Waals surface area contributed by atoms with Gasteiger partial charge in [0.15, 0.2) is 0 Å². The van der Waals surface area contributed by atoms with Crippen LogP contribution < -0.4 is 5.32 Å². The summed E-state index contributed by atoms with van der Waals surface area (Å²) in [5.74, 6) is -0.855. The lowest BCUT2D eigenvalue weighted by Gasteiger charge is -2.32. The Bertz CT molecular complexity index is 445. The maximum absolute atomic E-state index is 12.1. The fourth-order valence-electron chi connectivity index (χ4n) is 1.52. The molecule has 19 heavy (non-hydrogen) atoms. The van der Waals surface area contributed by atoms with Crippen LogP contribution in [0.15, 0.2) is 24.5 Å². The number of rotatable bonds is 5. The molecule has 0 saturated carbocycles. The number of hydrogen-bond donors (Lipinski definition) is 1. The number of pyridine rings is 1. The summed E-state index contributed by atoms with van der Waals surface area (Å²) in [7, 11) is 0. The Morgan fingerprint density at radius 1 is 1.47 bits per heavy atom. The predicted molar refractivity (Wildman–Crippen MR) is 71.6 cm³/mol. The van der Waals surface area contributed by atoms with Crippen LogP contribution in [0.3, 0.4) is 0 Å². The molecule has 0 saturated heterocycles. The van der Waals surface area contributed by atoms with E-state index in [4.69, 9.17) is 4.74 Å². The molecular weight excluding hydrogens is 244 g/mol. The Hall–Kier alpha value is -1.91. The lowest BCUT2D eigenvalue weighted by atomic mass is 9.88. The second kappa shape index (κ2) is 6.31. The molecule has 0 spiro atoms. The van der Waals surface area contributed by atoms with Crippen LogP contribution in [0, 0.1) is 5.92 Å². The van der Waals surface area contributed by atoms with E-state index in [0.717, 1.165) is 0 Å². The Labute approximate surface area is 113 Å². The number of ether oxygens (including phenoxy) is 1. The Morgan fingerprint density at radius 3 is 2.63 bits per heavy atom. The number of amides is 1. The lowest BCUT2D eigenvalue weighted by Crippen LogP contribution is -2.56. The largest absolute Gasteiger partial charge is 0.464 e. The van der Waals surface area contributed by atoms with Crippen LogP contribution in [0.1, 0.15) is 38.1 Å². The first-order valence-electron chi connectivity index (χ1n) is 6.31. The smallest absolute Gasteiger partial charge is 0.331 e. The molecule has 0 aliphatic carbocycles. The summed E-state index contributed by atoms with van der Waals surface area (Å²) in [6.07, 6.45) is 3.05. The normalized spacial score (nSPS) is 13.7. The van der Waals surface area contributed by atoms with E-state index in [0.29, 0.717) is 5.56 Å². The number of aromatic nitrogens is 1. The summed E-state index contributed by atoms with van der Waals surface area (Å²) in [5, 5.41) is 2.74. The number of nitrogens with one attached hydrogen (secondary N) is 1. The number of esters is 1. The highest BCUT2D eigenvalue weighted by Gasteiger charge is 2.39. The maximum Gasteiger partial charge on any atom is 0.331 e. The van der Waals surface area contributed by atoms with Crippen molar-refractivity contribution in [1.29, 1.82) is 0 Å². The summed E-state index contributed by atoms with van der Waals surface area (Å²) in [6.45, 7) is 7.41. The zero-order valence-electron chi connectivity index (χ0n) is 11.8. The molecule has 0 radical (unpaired) electrons. The quantitative estimate of drug-likeness (QED) is 0.823. The zero-order chi connectivity index (χ0) is 14.5. The average Bonchev–Trinajstić information content (AvgIpc) is 2.39. The molecule has 1 rings (SSSR count). The van der Waals surface area contributed by atoms with E-state index in [9.17, 15) is 9.59 Å². The highest BCUT2D eigenvalue weighted by Crippen LogP contribution is 2.19. The van der Waals surface area contributed by atoms with Crippen LogP contribution in [0.25, 0.3) is 0 Å². The average molecular weight is 264 g/mol. The first-order valence-corrected chi connectivity index (χ1v) is 6.31. The summed E-state index contributed by atoms with van der Waals surface area (Å²) in [5.41, 5.74) is -0.637. The van der Waals surface area contributed by atoms with E-state index in [1.54, 1.807) is 32.2 Å². The van der Waals surface area contributed by atoms with Gasteiger partial charge in [-0.1, -0.05) is 13.8 Å². The van der Waals surface area contributed by atoms with Crippen LogP contribution in [-0.4, -0.2) is 29.0 Å². The predicted octanol–water partition coefficient (Wildman–Crippen LogP) is 1.79. The fourth-order valence-corrected chi connectivity index (χ4v) is 1.52. The molecule has 0 bridgehead atoms. The molecule has 1 atom stereocenters. The van der Waals surface area contributed by atoms with Crippen molar-refractivity contribution in [2.24, 2.45) is 5.92 Å². The maximum atomic E-state index is 12.1. The molecule has 1 amide bonds. The minimum Gasteiger partial charge on any atom is -0.464 e. The van der Waals surface area contributed by atoms with Crippen LogP contribution in [0.5, 0.6) is 0 Å². The Morgan fingerprint density at radius 2 is 2.16 bits per heavy atom. The van der Waals surface area contributed by atoms with Crippen molar-refractivity contribution >= 4 is 11.9 Å². The molecular formula is C14H20N2O3. The van der Waals surface area contributed by atoms with Gasteiger partial charge in [0, 0.05) is 12.4 Å². The third-order valence-corrected chi connectivity index (χ3v) is 3.15. The summed E-state index contributed by atoms with van der Waals surface area (Å²) in [4.78, 5) is 28.0. The summed E-state index contributed by atoms with van der Waals surface area (Å²) >= 11 is 0. The zero-order valence-corrected chi connectivity index (χ0v) is 11.8. The van der Waals surface area contributed by atoms with Gasteiger partial charge in [-0.05, 0) is 31.9 Å². The first-order chi connectivity index (χ1) is 8.91. The molecule has 0 aromatic carbocycles. The monoisotopic (exact) mass is 264 g/mol. The van der Waals surface area contributed by atoms with Gasteiger partial charge in [0.1, 0.15) is 5.54 Å². The first kappa shape index (κ1) is 15.1. The van der Waals surface area contributed by atoms with Gasteiger partial charge in [0.2, 0.25) is 0 Å². The lowest BCUT2D eigenvalue weighted by molar-refractivity contribution is -0.152. The minimum absolute atomic E-state index is 0.0906. The van der Waals surface area contributed by atoms with Gasteiger partial charge in [-0.25, -0.2) is 4.79 Å². The van der Waals surface area contributed by atoms with Crippen molar-refractivity contribution in [1.82, 2.24) is 10.3 Å². The van der Waals surface area contributed by atoms with Gasteiger partial charge in [-0.15, -0.1) is 0 Å². The van der Waals surface area contributed by atoms with Gasteiger partial charge >= 0.3 is 5.97 Å². The molecule has 104 valence electrons. The molecule has 0 fully saturated rings. The van der Waals surface area contributed by atoms with Crippen LogP contribution in [0.2, 0.25) is 0 Å². The third-order valence-electron chi connectivity index (χ3n) is 3.15. The number of nitrogens with zero attached hydrogens (tertiary/aromatic N) is 1. The second-order valence-corrected chi connectivity index (χ2v) is 4.77.